The van der Waals surface area contributed by atoms with Crippen molar-refractivity contribution in [3.8, 4) is 0 Å². The number of hydrogen-bond acceptors (Lipinski definition) is 3. The molecule has 0 aromatic rings. The summed E-state index contributed by atoms with van der Waals surface area (Å²) in [5, 5.41) is 3.87. The number of allylic oxidation sites excluding steroid dienone is 1. The fourth-order valence-electron chi connectivity index (χ4n) is 1.53. The summed E-state index contributed by atoms with van der Waals surface area (Å²) >= 11 is 0. The highest BCUT2D eigenvalue weighted by atomic mass is 16.6. The van der Waals surface area contributed by atoms with Crippen LogP contribution in [-0.4, -0.2) is 11.8 Å². The van der Waals surface area contributed by atoms with Crippen LogP contribution in [0, 0.1) is 5.92 Å². The summed E-state index contributed by atoms with van der Waals surface area (Å²) in [5.41, 5.74) is 6.69. The Morgan fingerprint density at radius 2 is 2.15 bits per heavy atom. The average molecular weight is 182 g/mol. The van der Waals surface area contributed by atoms with Crippen molar-refractivity contribution in [1.29, 1.82) is 0 Å². The Kier molecular flexibility index (Phi) is 3.48. The summed E-state index contributed by atoms with van der Waals surface area (Å²) in [4.78, 5) is 5.17. The molecule has 0 saturated heterocycles. The molecule has 0 aliphatic heterocycles. The van der Waals surface area contributed by atoms with E-state index in [4.69, 9.17) is 10.6 Å². The van der Waals surface area contributed by atoms with Crippen molar-refractivity contribution in [2.24, 2.45) is 16.8 Å². The number of nitrogens with zero attached hydrogens (tertiary/aromatic N) is 1. The SMILES string of the molecule is C=C(ON=C(C)C)[C@H]1CC[C@@H](N)C1. The minimum absolute atomic E-state index is 0.317. The first-order chi connectivity index (χ1) is 6.09. The number of nitrogens with two attached hydrogens (primary N) is 1. The van der Waals surface area contributed by atoms with Crippen molar-refractivity contribution in [3.63, 3.8) is 0 Å². The zero-order valence-electron chi connectivity index (χ0n) is 8.42. The van der Waals surface area contributed by atoms with Gasteiger partial charge in [-0.2, -0.15) is 0 Å². The summed E-state index contributed by atoms with van der Waals surface area (Å²) in [6, 6.07) is 0.317. The normalized spacial score (nSPS) is 27.0. The molecule has 0 heterocycles. The van der Waals surface area contributed by atoms with Crippen molar-refractivity contribution in [1.82, 2.24) is 0 Å². The van der Waals surface area contributed by atoms with Crippen LogP contribution >= 0.6 is 0 Å². The van der Waals surface area contributed by atoms with Crippen LogP contribution < -0.4 is 5.73 Å². The smallest absolute Gasteiger partial charge is 0.131 e. The van der Waals surface area contributed by atoms with Crippen molar-refractivity contribution in [2.45, 2.75) is 39.2 Å². The van der Waals surface area contributed by atoms with Crippen LogP contribution in [0.2, 0.25) is 0 Å². The topological polar surface area (TPSA) is 47.6 Å². The summed E-state index contributed by atoms with van der Waals surface area (Å²) < 4.78 is 0. The third-order valence-corrected chi connectivity index (χ3v) is 2.27. The molecule has 13 heavy (non-hydrogen) atoms. The highest BCUT2D eigenvalue weighted by molar-refractivity contribution is 5.78. The molecule has 0 aromatic carbocycles. The van der Waals surface area contributed by atoms with E-state index in [1.54, 1.807) is 0 Å². The largest absolute Gasteiger partial charge is 0.362 e. The molecule has 0 aromatic heterocycles. The monoisotopic (exact) mass is 182 g/mol. The van der Waals surface area contributed by atoms with E-state index in [9.17, 15) is 0 Å². The molecular weight excluding hydrogens is 164 g/mol. The zero-order valence-corrected chi connectivity index (χ0v) is 8.42. The van der Waals surface area contributed by atoms with Gasteiger partial charge >= 0.3 is 0 Å². The Labute approximate surface area is 79.6 Å². The Balaban J connectivity index is 2.36. The van der Waals surface area contributed by atoms with E-state index in [0.29, 0.717) is 12.0 Å². The van der Waals surface area contributed by atoms with Gasteiger partial charge in [-0.3, -0.25) is 0 Å². The average Bonchev–Trinajstić information content (AvgIpc) is 2.47. The van der Waals surface area contributed by atoms with Crippen molar-refractivity contribution >= 4 is 5.71 Å². The fraction of sp³-hybridized carbons (Fsp3) is 0.700. The van der Waals surface area contributed by atoms with Gasteiger partial charge in [0.25, 0.3) is 0 Å². The van der Waals surface area contributed by atoms with Gasteiger partial charge in [0.2, 0.25) is 0 Å². The molecule has 1 aliphatic rings. The Bertz CT molecular complexity index is 219. The van der Waals surface area contributed by atoms with Gasteiger partial charge in [0.15, 0.2) is 0 Å². The molecule has 0 bridgehead atoms. The predicted molar refractivity (Wildman–Crippen MR) is 54.3 cm³/mol. The molecule has 0 spiro atoms. The standard InChI is InChI=1S/C10H18N2O/c1-7(2)12-13-8(3)9-4-5-10(11)6-9/h9-10H,3-6,11H2,1-2H3/t9-,10+/m0/s1. The third-order valence-electron chi connectivity index (χ3n) is 2.27. The van der Waals surface area contributed by atoms with Gasteiger partial charge in [0.1, 0.15) is 5.76 Å². The maximum absolute atomic E-state index is 5.79. The van der Waals surface area contributed by atoms with Gasteiger partial charge in [-0.1, -0.05) is 11.7 Å². The molecule has 2 N–H and O–H groups in total. The number of oxime groups is 1. The van der Waals surface area contributed by atoms with Gasteiger partial charge in [-0.25, -0.2) is 0 Å². The van der Waals surface area contributed by atoms with E-state index < -0.39 is 0 Å². The van der Waals surface area contributed by atoms with E-state index in [0.717, 1.165) is 30.7 Å². The van der Waals surface area contributed by atoms with Gasteiger partial charge < -0.3 is 10.6 Å². The zero-order chi connectivity index (χ0) is 9.84. The first kappa shape index (κ1) is 10.3. The highest BCUT2D eigenvalue weighted by Gasteiger charge is 2.25. The lowest BCUT2D eigenvalue weighted by molar-refractivity contribution is 0.190. The van der Waals surface area contributed by atoms with Crippen LogP contribution in [0.15, 0.2) is 17.5 Å². The van der Waals surface area contributed by atoms with Gasteiger partial charge in [0, 0.05) is 12.0 Å². The Morgan fingerprint density at radius 3 is 2.62 bits per heavy atom. The molecule has 3 heteroatoms. The predicted octanol–water partition coefficient (Wildman–Crippen LogP) is 2.04. The molecule has 1 saturated carbocycles. The van der Waals surface area contributed by atoms with E-state index in [1.165, 1.54) is 0 Å². The van der Waals surface area contributed by atoms with Gasteiger partial charge in [-0.15, -0.1) is 0 Å². The molecule has 0 unspecified atom stereocenters. The summed E-state index contributed by atoms with van der Waals surface area (Å²) in [6.45, 7) is 7.65. The molecule has 2 atom stereocenters. The molecule has 1 aliphatic carbocycles. The summed E-state index contributed by atoms with van der Waals surface area (Å²) in [5.74, 6) is 1.16. The van der Waals surface area contributed by atoms with E-state index in [1.807, 2.05) is 13.8 Å². The maximum Gasteiger partial charge on any atom is 0.131 e. The Morgan fingerprint density at radius 1 is 1.46 bits per heavy atom. The lowest BCUT2D eigenvalue weighted by atomic mass is 10.1. The highest BCUT2D eigenvalue weighted by Crippen LogP contribution is 2.30. The van der Waals surface area contributed by atoms with Gasteiger partial charge in [-0.05, 0) is 33.1 Å². The second-order valence-electron chi connectivity index (χ2n) is 3.87. The first-order valence-corrected chi connectivity index (χ1v) is 4.72. The van der Waals surface area contributed by atoms with Crippen LogP contribution in [0.4, 0.5) is 0 Å². The lowest BCUT2D eigenvalue weighted by Crippen LogP contribution is -2.15. The molecule has 0 radical (unpaired) electrons. The molecule has 74 valence electrons. The van der Waals surface area contributed by atoms with Crippen molar-refractivity contribution in [3.05, 3.63) is 12.3 Å². The maximum atomic E-state index is 5.79. The minimum atomic E-state index is 0.317. The van der Waals surface area contributed by atoms with Crippen LogP contribution in [0.25, 0.3) is 0 Å². The summed E-state index contributed by atoms with van der Waals surface area (Å²) in [7, 11) is 0. The van der Waals surface area contributed by atoms with E-state index in [2.05, 4.69) is 11.7 Å². The van der Waals surface area contributed by atoms with E-state index >= 15 is 0 Å². The molecule has 1 fully saturated rings. The molecule has 3 nitrogen and oxygen atoms in total. The second kappa shape index (κ2) is 4.42. The first-order valence-electron chi connectivity index (χ1n) is 4.72. The lowest BCUT2D eigenvalue weighted by Gasteiger charge is -2.10. The third kappa shape index (κ3) is 3.19. The number of hydrogen-bond donors (Lipinski definition) is 1. The van der Waals surface area contributed by atoms with Crippen LogP contribution in [0.5, 0.6) is 0 Å². The molecule has 0 amide bonds. The van der Waals surface area contributed by atoms with Crippen LogP contribution in [0.1, 0.15) is 33.1 Å². The Hall–Kier alpha value is -0.830. The van der Waals surface area contributed by atoms with Crippen molar-refractivity contribution in [2.75, 3.05) is 0 Å². The minimum Gasteiger partial charge on any atom is -0.362 e. The quantitative estimate of drug-likeness (QED) is 0.412. The summed E-state index contributed by atoms with van der Waals surface area (Å²) in [6.07, 6.45) is 3.14. The van der Waals surface area contributed by atoms with E-state index in [-0.39, 0.29) is 0 Å². The second-order valence-corrected chi connectivity index (χ2v) is 3.87. The molecular formula is C10H18N2O. The van der Waals surface area contributed by atoms with Crippen molar-refractivity contribution < 1.29 is 4.84 Å². The number of rotatable bonds is 3. The van der Waals surface area contributed by atoms with Crippen LogP contribution in [0.3, 0.4) is 0 Å². The van der Waals surface area contributed by atoms with Gasteiger partial charge in [0.05, 0.1) is 5.71 Å². The van der Waals surface area contributed by atoms with Crippen LogP contribution in [-0.2, 0) is 4.84 Å². The fourth-order valence-corrected chi connectivity index (χ4v) is 1.53. The molecule has 1 rings (SSSR count).